The second kappa shape index (κ2) is 13.1. The maximum absolute atomic E-state index is 2.51. The van der Waals surface area contributed by atoms with E-state index in [2.05, 4.69) is 143 Å². The van der Waals surface area contributed by atoms with Gasteiger partial charge in [-0.15, -0.1) is 34.5 Å². The van der Waals surface area contributed by atoms with Crippen molar-refractivity contribution in [2.24, 2.45) is 0 Å². The maximum Gasteiger partial charge on any atom is 3.00 e. The molecule has 5 heteroatoms. The first kappa shape index (κ1) is 33.5. The van der Waals surface area contributed by atoms with Gasteiger partial charge in [0.15, 0.2) is 0 Å². The molecule has 0 N–H and O–H groups in total. The minimum absolute atomic E-state index is 0. The molecule has 0 saturated heterocycles. The minimum atomic E-state index is -1.17. The van der Waals surface area contributed by atoms with Crippen LogP contribution in [0, 0.1) is 6.92 Å². The largest absolute Gasteiger partial charge is 3.00 e. The summed E-state index contributed by atoms with van der Waals surface area (Å²) >= 11 is 0. The average molecular weight is 675 g/mol. The second-order valence-corrected chi connectivity index (χ2v) is 16.3. The summed E-state index contributed by atoms with van der Waals surface area (Å²) in [4.78, 5) is 0. The minimum Gasteiger partial charge on any atom is -1.00 e. The molecule has 1 aliphatic carbocycles. The van der Waals surface area contributed by atoms with E-state index in [1.54, 1.807) is 16.5 Å². The Morgan fingerprint density at radius 3 is 2.17 bits per heavy atom. The van der Waals surface area contributed by atoms with Gasteiger partial charge in [0.25, 0.3) is 0 Å². The summed E-state index contributed by atoms with van der Waals surface area (Å²) in [6.45, 7) is 14.0. The normalized spacial score (nSPS) is 16.3. The van der Waals surface area contributed by atoms with E-state index in [-0.39, 0.29) is 51.0 Å². The fourth-order valence-electron chi connectivity index (χ4n) is 6.99. The first-order valence-electron chi connectivity index (χ1n) is 14.1. The standard InChI is InChI=1S/C20H21.C16H17NSi.2ClH.Zr/c1-4-15(3)16-8-10-17(11-9-16)19-7-5-6-18-12-14(2)13-20(18)19;1-11-15-13-9-10-17(12-7-5-4-6-8-12)14(13)16(11)18(15,2)3;;;/h5-13,15H,4H2,1-3H3;4-10,16H,1-3H3;2*1H;/q-1;;;;+3/p-2. The van der Waals surface area contributed by atoms with E-state index in [1.807, 2.05) is 0 Å². The molecule has 2 atom stereocenters. The van der Waals surface area contributed by atoms with Crippen LogP contribution in [0.25, 0.3) is 32.8 Å². The molecule has 1 radical (unpaired) electrons. The van der Waals surface area contributed by atoms with Gasteiger partial charge in [-0.3, -0.25) is 0 Å². The van der Waals surface area contributed by atoms with Crippen LogP contribution in [0.2, 0.25) is 13.1 Å². The molecule has 2 aliphatic heterocycles. The molecule has 41 heavy (non-hydrogen) atoms. The van der Waals surface area contributed by atoms with E-state index in [0.717, 1.165) is 5.54 Å². The zero-order valence-corrected chi connectivity index (χ0v) is 29.8. The number of allylic oxidation sites excluding steroid dienone is 1. The number of aryl methyl sites for hydroxylation is 1. The van der Waals surface area contributed by atoms with Gasteiger partial charge >= 0.3 is 26.2 Å². The first-order chi connectivity index (χ1) is 18.3. The maximum atomic E-state index is 2.51. The summed E-state index contributed by atoms with van der Waals surface area (Å²) in [5, 5.41) is 4.42. The van der Waals surface area contributed by atoms with Crippen LogP contribution < -0.4 is 24.8 Å². The Balaban J connectivity index is 0.000000211. The monoisotopic (exact) mass is 672 g/mol. The van der Waals surface area contributed by atoms with Crippen LogP contribution in [-0.2, 0) is 26.2 Å². The van der Waals surface area contributed by atoms with Gasteiger partial charge in [-0.2, -0.15) is 6.07 Å². The zero-order chi connectivity index (χ0) is 26.6. The van der Waals surface area contributed by atoms with Crippen molar-refractivity contribution in [2.45, 2.75) is 58.7 Å². The number of halogens is 2. The molecule has 0 spiro atoms. The SMILES string of the molecule is CC1=C2c3ccn(-c4ccccc4)c3C1[Si]2(C)C.CCC(C)c1ccc(-c2cccc3[cH-]c(C)cc23)cc1.[Cl-].[Cl-].[Zr+3]. The zero-order valence-electron chi connectivity index (χ0n) is 24.8. The fourth-order valence-corrected chi connectivity index (χ4v) is 11.3. The van der Waals surface area contributed by atoms with Crippen LogP contribution in [0.1, 0.15) is 61.0 Å². The Morgan fingerprint density at radius 1 is 0.854 bits per heavy atom. The molecule has 3 aliphatic rings. The van der Waals surface area contributed by atoms with E-state index in [4.69, 9.17) is 0 Å². The van der Waals surface area contributed by atoms with Crippen LogP contribution in [-0.4, -0.2) is 12.6 Å². The number of para-hydroxylation sites is 1. The Labute approximate surface area is 278 Å². The molecule has 3 heterocycles. The average Bonchev–Trinajstić information content (AvgIpc) is 3.64. The predicted octanol–water partition coefficient (Wildman–Crippen LogP) is 4.20. The van der Waals surface area contributed by atoms with Gasteiger partial charge in [0.1, 0.15) is 0 Å². The Kier molecular flexibility index (Phi) is 10.7. The molecule has 0 saturated carbocycles. The predicted molar refractivity (Wildman–Crippen MR) is 167 cm³/mol. The van der Waals surface area contributed by atoms with Crippen molar-refractivity contribution in [1.29, 1.82) is 0 Å². The third kappa shape index (κ3) is 5.68. The molecule has 8 rings (SSSR count). The summed E-state index contributed by atoms with van der Waals surface area (Å²) in [7, 11) is -1.17. The topological polar surface area (TPSA) is 4.93 Å². The van der Waals surface area contributed by atoms with E-state index in [1.165, 1.54) is 50.7 Å². The van der Waals surface area contributed by atoms with Crippen molar-refractivity contribution in [2.75, 3.05) is 0 Å². The summed E-state index contributed by atoms with van der Waals surface area (Å²) in [5.41, 5.74) is 12.2. The number of nitrogens with zero attached hydrogens (tertiary/aromatic N) is 1. The van der Waals surface area contributed by atoms with Gasteiger partial charge in [0.05, 0.1) is 8.07 Å². The molecule has 4 aromatic carbocycles. The van der Waals surface area contributed by atoms with Crippen LogP contribution in [0.5, 0.6) is 0 Å². The van der Waals surface area contributed by atoms with Gasteiger partial charge in [-0.1, -0.05) is 98.7 Å². The summed E-state index contributed by atoms with van der Waals surface area (Å²) in [6.07, 6.45) is 3.43. The molecular formula is C36H38Cl2NSiZr. The molecule has 0 amide bonds. The van der Waals surface area contributed by atoms with Crippen molar-refractivity contribution in [3.8, 4) is 16.8 Å². The third-order valence-electron chi connectivity index (χ3n) is 8.99. The number of rotatable bonds is 4. The van der Waals surface area contributed by atoms with Gasteiger partial charge in [0, 0.05) is 23.1 Å². The molecule has 209 valence electrons. The van der Waals surface area contributed by atoms with Crippen LogP contribution in [0.3, 0.4) is 0 Å². The quantitative estimate of drug-likeness (QED) is 0.199. The summed E-state index contributed by atoms with van der Waals surface area (Å²) in [6, 6.07) is 33.2. The molecule has 1 nitrogen and oxygen atoms in total. The molecule has 1 aromatic heterocycles. The number of hydrogen-bond acceptors (Lipinski definition) is 0. The second-order valence-electron chi connectivity index (χ2n) is 11.8. The van der Waals surface area contributed by atoms with Gasteiger partial charge < -0.3 is 29.4 Å². The van der Waals surface area contributed by atoms with Crippen LogP contribution >= 0.6 is 0 Å². The van der Waals surface area contributed by atoms with Crippen molar-refractivity contribution in [3.63, 3.8) is 0 Å². The fraction of sp³-hybridized carbons (Fsp3) is 0.250. The molecule has 2 bridgehead atoms. The smallest absolute Gasteiger partial charge is 1.00 e. The Morgan fingerprint density at radius 2 is 1.54 bits per heavy atom. The number of benzene rings is 3. The Hall–Kier alpha value is -2.03. The van der Waals surface area contributed by atoms with E-state index in [0.29, 0.717) is 5.92 Å². The van der Waals surface area contributed by atoms with Gasteiger partial charge in [0.2, 0.25) is 0 Å². The van der Waals surface area contributed by atoms with E-state index < -0.39 is 8.07 Å². The van der Waals surface area contributed by atoms with Crippen molar-refractivity contribution in [1.82, 2.24) is 4.57 Å². The van der Waals surface area contributed by atoms with Gasteiger partial charge in [-0.05, 0) is 54.2 Å². The number of hydrogen-bond donors (Lipinski definition) is 0. The molecule has 2 unspecified atom stereocenters. The number of aromatic nitrogens is 1. The third-order valence-corrected chi connectivity index (χ3v) is 13.1. The van der Waals surface area contributed by atoms with Crippen molar-refractivity contribution < 1.29 is 51.0 Å². The van der Waals surface area contributed by atoms with E-state index in [9.17, 15) is 0 Å². The van der Waals surface area contributed by atoms with Crippen molar-refractivity contribution >= 4 is 24.0 Å². The summed E-state index contributed by atoms with van der Waals surface area (Å²) < 4.78 is 2.40. The van der Waals surface area contributed by atoms with Crippen LogP contribution in [0.4, 0.5) is 0 Å². The van der Waals surface area contributed by atoms with E-state index >= 15 is 0 Å². The molecular weight excluding hydrogens is 637 g/mol. The van der Waals surface area contributed by atoms with Gasteiger partial charge in [-0.25, -0.2) is 0 Å². The first-order valence-corrected chi connectivity index (χ1v) is 17.1. The van der Waals surface area contributed by atoms with Crippen molar-refractivity contribution in [3.05, 3.63) is 125 Å². The summed E-state index contributed by atoms with van der Waals surface area (Å²) in [5.74, 6) is 0.640. The van der Waals surface area contributed by atoms with Crippen LogP contribution in [0.15, 0.2) is 103 Å². The Bertz CT molecular complexity index is 1660. The molecule has 0 fully saturated rings. The molecule has 5 aromatic rings. The number of fused-ring (bicyclic) bond motifs is 1.